The predicted octanol–water partition coefficient (Wildman–Crippen LogP) is 3.64. The largest absolute Gasteiger partial charge is 0.378 e. The van der Waals surface area contributed by atoms with Gasteiger partial charge in [0.25, 0.3) is 0 Å². The highest BCUT2D eigenvalue weighted by Crippen LogP contribution is 2.50. The summed E-state index contributed by atoms with van der Waals surface area (Å²) in [6, 6.07) is 0. The first kappa shape index (κ1) is 12.9. The number of rotatable bonds is 2. The zero-order valence-corrected chi connectivity index (χ0v) is 12.1. The summed E-state index contributed by atoms with van der Waals surface area (Å²) in [4.78, 5) is 0. The van der Waals surface area contributed by atoms with E-state index in [1.807, 2.05) is 0 Å². The zero-order chi connectivity index (χ0) is 12.7. The summed E-state index contributed by atoms with van der Waals surface area (Å²) in [7, 11) is 0. The Labute approximate surface area is 111 Å². The van der Waals surface area contributed by atoms with Gasteiger partial charge < -0.3 is 9.47 Å². The molecular weight excluding hydrogens is 224 g/mol. The molecule has 0 aromatic heterocycles. The van der Waals surface area contributed by atoms with Crippen molar-refractivity contribution < 1.29 is 9.47 Å². The zero-order valence-electron chi connectivity index (χ0n) is 12.1. The predicted molar refractivity (Wildman–Crippen MR) is 72.5 cm³/mol. The first-order valence-electron chi connectivity index (χ1n) is 7.97. The molecule has 0 aromatic rings. The summed E-state index contributed by atoms with van der Waals surface area (Å²) >= 11 is 0. The third-order valence-electron chi connectivity index (χ3n) is 5.87. The molecule has 7 atom stereocenters. The Morgan fingerprint density at radius 1 is 1.06 bits per heavy atom. The lowest BCUT2D eigenvalue weighted by atomic mass is 9.67. The van der Waals surface area contributed by atoms with Crippen LogP contribution in [-0.4, -0.2) is 24.9 Å². The van der Waals surface area contributed by atoms with Crippen molar-refractivity contribution in [3.8, 4) is 0 Å². The summed E-state index contributed by atoms with van der Waals surface area (Å²) < 4.78 is 12.3. The van der Waals surface area contributed by atoms with Crippen LogP contribution in [0.2, 0.25) is 0 Å². The van der Waals surface area contributed by atoms with E-state index in [0.717, 1.165) is 36.7 Å². The third kappa shape index (κ3) is 2.12. The molecule has 3 rings (SSSR count). The standard InChI is InChI=1S/C16H28O2/c1-4-17-12-6-8-13-14-7-5-10(2)11(3)16(14)18-15(13)9-12/h10-16H,4-9H2,1-3H3. The molecule has 0 radical (unpaired) electrons. The van der Waals surface area contributed by atoms with Crippen LogP contribution >= 0.6 is 0 Å². The molecule has 7 unspecified atom stereocenters. The summed E-state index contributed by atoms with van der Waals surface area (Å²) in [5.41, 5.74) is 0. The molecule has 1 saturated heterocycles. The first-order valence-corrected chi connectivity index (χ1v) is 7.97. The van der Waals surface area contributed by atoms with Crippen molar-refractivity contribution in [1.82, 2.24) is 0 Å². The number of ether oxygens (including phenoxy) is 2. The molecule has 104 valence electrons. The molecule has 2 nitrogen and oxygen atoms in total. The molecule has 0 spiro atoms. The SMILES string of the molecule is CCOC1CCC2C(C1)OC1C(C)C(C)CCC21. The Morgan fingerprint density at radius 3 is 2.61 bits per heavy atom. The maximum Gasteiger partial charge on any atom is 0.0638 e. The number of hydrogen-bond acceptors (Lipinski definition) is 2. The fourth-order valence-corrected chi connectivity index (χ4v) is 4.63. The normalized spacial score (nSPS) is 51.8. The fourth-order valence-electron chi connectivity index (χ4n) is 4.63. The molecule has 2 aliphatic carbocycles. The van der Waals surface area contributed by atoms with Crippen molar-refractivity contribution in [2.24, 2.45) is 23.7 Å². The second kappa shape index (κ2) is 5.13. The van der Waals surface area contributed by atoms with Crippen LogP contribution in [0.5, 0.6) is 0 Å². The molecule has 0 bridgehead atoms. The van der Waals surface area contributed by atoms with Crippen LogP contribution in [0, 0.1) is 23.7 Å². The average molecular weight is 252 g/mol. The second-order valence-electron chi connectivity index (χ2n) is 6.77. The summed E-state index contributed by atoms with van der Waals surface area (Å²) in [6.45, 7) is 7.75. The average Bonchev–Trinajstić information content (AvgIpc) is 2.73. The lowest BCUT2D eigenvalue weighted by Crippen LogP contribution is -2.36. The Kier molecular flexibility index (Phi) is 3.68. The van der Waals surface area contributed by atoms with Crippen molar-refractivity contribution in [2.75, 3.05) is 6.61 Å². The van der Waals surface area contributed by atoms with Gasteiger partial charge in [-0.25, -0.2) is 0 Å². The fraction of sp³-hybridized carbons (Fsp3) is 1.00. The lowest BCUT2D eigenvalue weighted by molar-refractivity contribution is -0.0637. The van der Waals surface area contributed by atoms with Gasteiger partial charge >= 0.3 is 0 Å². The van der Waals surface area contributed by atoms with Crippen LogP contribution in [-0.2, 0) is 9.47 Å². The van der Waals surface area contributed by atoms with E-state index in [0.29, 0.717) is 18.3 Å². The van der Waals surface area contributed by atoms with Gasteiger partial charge in [-0.15, -0.1) is 0 Å². The van der Waals surface area contributed by atoms with Crippen LogP contribution in [0.15, 0.2) is 0 Å². The molecule has 0 aromatic carbocycles. The van der Waals surface area contributed by atoms with Gasteiger partial charge in [0, 0.05) is 13.0 Å². The quantitative estimate of drug-likeness (QED) is 0.747. The highest BCUT2D eigenvalue weighted by atomic mass is 16.5. The van der Waals surface area contributed by atoms with Gasteiger partial charge in [-0.1, -0.05) is 13.8 Å². The van der Waals surface area contributed by atoms with Gasteiger partial charge in [-0.2, -0.15) is 0 Å². The third-order valence-corrected chi connectivity index (χ3v) is 5.87. The van der Waals surface area contributed by atoms with E-state index in [9.17, 15) is 0 Å². The van der Waals surface area contributed by atoms with Crippen LogP contribution in [0.3, 0.4) is 0 Å². The van der Waals surface area contributed by atoms with Crippen molar-refractivity contribution in [3.05, 3.63) is 0 Å². The molecule has 3 fully saturated rings. The monoisotopic (exact) mass is 252 g/mol. The van der Waals surface area contributed by atoms with E-state index in [-0.39, 0.29) is 0 Å². The molecule has 18 heavy (non-hydrogen) atoms. The molecule has 0 N–H and O–H groups in total. The molecule has 0 amide bonds. The number of fused-ring (bicyclic) bond motifs is 3. The minimum absolute atomic E-state index is 0.462. The van der Waals surface area contributed by atoms with E-state index in [2.05, 4.69) is 20.8 Å². The van der Waals surface area contributed by atoms with E-state index < -0.39 is 0 Å². The van der Waals surface area contributed by atoms with E-state index in [1.54, 1.807) is 0 Å². The van der Waals surface area contributed by atoms with Gasteiger partial charge in [-0.05, 0) is 56.3 Å². The van der Waals surface area contributed by atoms with Crippen LogP contribution in [0.25, 0.3) is 0 Å². The molecule has 2 heteroatoms. The minimum atomic E-state index is 0.462. The van der Waals surface area contributed by atoms with Crippen LogP contribution in [0.1, 0.15) is 52.9 Å². The Balaban J connectivity index is 1.68. The van der Waals surface area contributed by atoms with Gasteiger partial charge in [0.1, 0.15) is 0 Å². The molecule has 3 aliphatic rings. The van der Waals surface area contributed by atoms with Crippen molar-refractivity contribution in [1.29, 1.82) is 0 Å². The minimum Gasteiger partial charge on any atom is -0.378 e. The molecule has 2 saturated carbocycles. The number of hydrogen-bond donors (Lipinski definition) is 0. The maximum absolute atomic E-state index is 6.45. The van der Waals surface area contributed by atoms with Crippen molar-refractivity contribution in [3.63, 3.8) is 0 Å². The van der Waals surface area contributed by atoms with E-state index in [1.165, 1.54) is 25.7 Å². The topological polar surface area (TPSA) is 18.5 Å². The van der Waals surface area contributed by atoms with Crippen LogP contribution in [0.4, 0.5) is 0 Å². The Morgan fingerprint density at radius 2 is 1.83 bits per heavy atom. The van der Waals surface area contributed by atoms with E-state index in [4.69, 9.17) is 9.47 Å². The van der Waals surface area contributed by atoms with Gasteiger partial charge in [0.2, 0.25) is 0 Å². The van der Waals surface area contributed by atoms with Crippen molar-refractivity contribution in [2.45, 2.75) is 71.2 Å². The highest BCUT2D eigenvalue weighted by Gasteiger charge is 2.50. The highest BCUT2D eigenvalue weighted by molar-refractivity contribution is 4.99. The second-order valence-corrected chi connectivity index (χ2v) is 6.77. The Hall–Kier alpha value is -0.0800. The smallest absolute Gasteiger partial charge is 0.0638 e. The van der Waals surface area contributed by atoms with Gasteiger partial charge in [0.15, 0.2) is 0 Å². The first-order chi connectivity index (χ1) is 8.70. The Bertz CT molecular complexity index is 291. The summed E-state index contributed by atoms with van der Waals surface area (Å²) in [6.07, 6.45) is 8.04. The molecular formula is C16H28O2. The van der Waals surface area contributed by atoms with Crippen molar-refractivity contribution >= 4 is 0 Å². The summed E-state index contributed by atoms with van der Waals surface area (Å²) in [5, 5.41) is 0. The molecule has 1 aliphatic heterocycles. The molecule has 1 heterocycles. The summed E-state index contributed by atoms with van der Waals surface area (Å²) in [5.74, 6) is 3.28. The van der Waals surface area contributed by atoms with Crippen LogP contribution < -0.4 is 0 Å². The maximum atomic E-state index is 6.45. The van der Waals surface area contributed by atoms with Gasteiger partial charge in [0.05, 0.1) is 18.3 Å². The van der Waals surface area contributed by atoms with Gasteiger partial charge in [-0.3, -0.25) is 0 Å². The lowest BCUT2D eigenvalue weighted by Gasteiger charge is -2.37. The van der Waals surface area contributed by atoms with E-state index >= 15 is 0 Å².